The number of phenols is 1. The maximum absolute atomic E-state index is 10.1. The minimum Gasteiger partial charge on any atom is -0.504 e. The second-order valence-corrected chi connectivity index (χ2v) is 4.53. The molecule has 0 amide bonds. The van der Waals surface area contributed by atoms with E-state index < -0.39 is 0 Å². The van der Waals surface area contributed by atoms with Crippen molar-refractivity contribution in [2.75, 3.05) is 7.11 Å². The molecule has 1 heterocycles. The summed E-state index contributed by atoms with van der Waals surface area (Å²) in [7, 11) is 1.51. The van der Waals surface area contributed by atoms with E-state index in [-0.39, 0.29) is 5.75 Å². The number of hydrogen-bond acceptors (Lipinski definition) is 3. The van der Waals surface area contributed by atoms with Crippen molar-refractivity contribution in [3.63, 3.8) is 0 Å². The van der Waals surface area contributed by atoms with Crippen molar-refractivity contribution >= 4 is 22.6 Å². The first-order valence-electron chi connectivity index (χ1n) is 5.75. The van der Waals surface area contributed by atoms with E-state index in [4.69, 9.17) is 20.8 Å². The summed E-state index contributed by atoms with van der Waals surface area (Å²) in [5.41, 5.74) is 1.19. The summed E-state index contributed by atoms with van der Waals surface area (Å²) in [5, 5.41) is 11.6. The van der Waals surface area contributed by atoms with E-state index in [0.717, 1.165) is 5.39 Å². The number of aromatic hydroxyl groups is 1. The molecule has 0 aliphatic heterocycles. The molecule has 1 aromatic heterocycles. The predicted octanol–water partition coefficient (Wildman–Crippen LogP) is 4.47. The molecular weight excluding hydrogens is 264 g/mol. The SMILES string of the molecule is COc1cccc(-c2cc3cccc(Cl)c3o2)c1O. The van der Waals surface area contributed by atoms with Crippen LogP contribution in [0, 0.1) is 0 Å². The lowest BCUT2D eigenvalue weighted by Gasteiger charge is -2.06. The second-order valence-electron chi connectivity index (χ2n) is 4.13. The molecule has 0 saturated heterocycles. The number of methoxy groups -OCH3 is 1. The molecule has 3 nitrogen and oxygen atoms in total. The number of benzene rings is 2. The average molecular weight is 275 g/mol. The van der Waals surface area contributed by atoms with Crippen molar-refractivity contribution in [1.29, 1.82) is 0 Å². The van der Waals surface area contributed by atoms with Crippen LogP contribution in [0.1, 0.15) is 0 Å². The lowest BCUT2D eigenvalue weighted by Crippen LogP contribution is -1.85. The molecule has 0 atom stereocenters. The van der Waals surface area contributed by atoms with Crippen LogP contribution in [0.3, 0.4) is 0 Å². The lowest BCUT2D eigenvalue weighted by molar-refractivity contribution is 0.374. The summed E-state index contributed by atoms with van der Waals surface area (Å²) in [5.74, 6) is 1.02. The highest BCUT2D eigenvalue weighted by molar-refractivity contribution is 6.34. The molecule has 0 aliphatic rings. The Kier molecular flexibility index (Phi) is 2.84. The lowest BCUT2D eigenvalue weighted by atomic mass is 10.1. The molecule has 0 bridgehead atoms. The third-order valence-electron chi connectivity index (χ3n) is 2.98. The number of para-hydroxylation sites is 2. The molecule has 0 spiro atoms. The van der Waals surface area contributed by atoms with E-state index in [9.17, 15) is 5.11 Å². The number of rotatable bonds is 2. The molecule has 0 saturated carbocycles. The second kappa shape index (κ2) is 4.52. The fourth-order valence-corrected chi connectivity index (χ4v) is 2.27. The summed E-state index contributed by atoms with van der Waals surface area (Å²) in [6.07, 6.45) is 0. The molecule has 0 fully saturated rings. The fourth-order valence-electron chi connectivity index (χ4n) is 2.05. The van der Waals surface area contributed by atoms with Gasteiger partial charge in [-0.1, -0.05) is 29.8 Å². The Hall–Kier alpha value is -2.13. The molecule has 3 rings (SSSR count). The van der Waals surface area contributed by atoms with Gasteiger partial charge >= 0.3 is 0 Å². The van der Waals surface area contributed by atoms with E-state index in [2.05, 4.69) is 0 Å². The van der Waals surface area contributed by atoms with Crippen molar-refractivity contribution < 1.29 is 14.3 Å². The summed E-state index contributed by atoms with van der Waals surface area (Å²) < 4.78 is 10.8. The molecule has 4 heteroatoms. The van der Waals surface area contributed by atoms with Crippen molar-refractivity contribution in [2.45, 2.75) is 0 Å². The Morgan fingerprint density at radius 3 is 2.68 bits per heavy atom. The van der Waals surface area contributed by atoms with Gasteiger partial charge in [-0.2, -0.15) is 0 Å². The van der Waals surface area contributed by atoms with Gasteiger partial charge in [0.1, 0.15) is 5.76 Å². The summed E-state index contributed by atoms with van der Waals surface area (Å²) in [6, 6.07) is 12.6. The van der Waals surface area contributed by atoms with Gasteiger partial charge in [0.2, 0.25) is 0 Å². The zero-order chi connectivity index (χ0) is 13.4. The number of ether oxygens (including phenoxy) is 1. The smallest absolute Gasteiger partial charge is 0.168 e. The molecule has 96 valence electrons. The zero-order valence-electron chi connectivity index (χ0n) is 10.2. The van der Waals surface area contributed by atoms with Gasteiger partial charge in [-0.3, -0.25) is 0 Å². The van der Waals surface area contributed by atoms with Crippen LogP contribution in [0.2, 0.25) is 5.02 Å². The Bertz CT molecular complexity index is 746. The van der Waals surface area contributed by atoms with Crippen LogP contribution in [0.4, 0.5) is 0 Å². The highest BCUT2D eigenvalue weighted by Crippen LogP contribution is 2.40. The van der Waals surface area contributed by atoms with Crippen LogP contribution in [0.25, 0.3) is 22.3 Å². The van der Waals surface area contributed by atoms with Crippen LogP contribution >= 0.6 is 11.6 Å². The van der Waals surface area contributed by atoms with E-state index in [1.165, 1.54) is 7.11 Å². The van der Waals surface area contributed by atoms with Crippen molar-refractivity contribution in [2.24, 2.45) is 0 Å². The first kappa shape index (κ1) is 11.9. The molecule has 19 heavy (non-hydrogen) atoms. The third-order valence-corrected chi connectivity index (χ3v) is 3.28. The molecule has 0 unspecified atom stereocenters. The number of fused-ring (bicyclic) bond motifs is 1. The quantitative estimate of drug-likeness (QED) is 0.750. The summed E-state index contributed by atoms with van der Waals surface area (Å²) >= 11 is 6.08. The van der Waals surface area contributed by atoms with E-state index in [0.29, 0.717) is 27.7 Å². The normalized spacial score (nSPS) is 10.8. The Morgan fingerprint density at radius 2 is 1.95 bits per heavy atom. The molecule has 2 aromatic carbocycles. The van der Waals surface area contributed by atoms with E-state index in [1.54, 1.807) is 24.3 Å². The number of phenolic OH excluding ortho intramolecular Hbond substituents is 1. The predicted molar refractivity (Wildman–Crippen MR) is 74.9 cm³/mol. The molecule has 1 N–H and O–H groups in total. The first-order valence-corrected chi connectivity index (χ1v) is 6.13. The number of furan rings is 1. The van der Waals surface area contributed by atoms with E-state index >= 15 is 0 Å². The summed E-state index contributed by atoms with van der Waals surface area (Å²) in [6.45, 7) is 0. The maximum Gasteiger partial charge on any atom is 0.168 e. The molecule has 0 radical (unpaired) electrons. The van der Waals surface area contributed by atoms with Crippen molar-refractivity contribution in [3.05, 3.63) is 47.5 Å². The average Bonchev–Trinajstić information content (AvgIpc) is 2.84. The zero-order valence-corrected chi connectivity index (χ0v) is 10.9. The van der Waals surface area contributed by atoms with Gasteiger partial charge < -0.3 is 14.3 Å². The number of hydrogen-bond donors (Lipinski definition) is 1. The third kappa shape index (κ3) is 1.92. The van der Waals surface area contributed by atoms with Crippen LogP contribution in [0.15, 0.2) is 46.9 Å². The first-order chi connectivity index (χ1) is 9.20. The van der Waals surface area contributed by atoms with Crippen LogP contribution < -0.4 is 4.74 Å². The highest BCUT2D eigenvalue weighted by Gasteiger charge is 2.14. The van der Waals surface area contributed by atoms with Crippen molar-refractivity contribution in [1.82, 2.24) is 0 Å². The van der Waals surface area contributed by atoms with E-state index in [1.807, 2.05) is 18.2 Å². The van der Waals surface area contributed by atoms with Gasteiger partial charge in [0.05, 0.1) is 17.7 Å². The maximum atomic E-state index is 10.1. The Balaban J connectivity index is 2.22. The monoisotopic (exact) mass is 274 g/mol. The molecule has 0 aliphatic carbocycles. The van der Waals surface area contributed by atoms with Crippen LogP contribution in [-0.4, -0.2) is 12.2 Å². The molecular formula is C15H11ClO3. The highest BCUT2D eigenvalue weighted by atomic mass is 35.5. The van der Waals surface area contributed by atoms with Gasteiger partial charge in [0.15, 0.2) is 17.1 Å². The largest absolute Gasteiger partial charge is 0.504 e. The Labute approximate surface area is 115 Å². The summed E-state index contributed by atoms with van der Waals surface area (Å²) in [4.78, 5) is 0. The Morgan fingerprint density at radius 1 is 1.16 bits per heavy atom. The van der Waals surface area contributed by atoms with Crippen LogP contribution in [-0.2, 0) is 0 Å². The minimum atomic E-state index is 0.0557. The number of halogens is 1. The van der Waals surface area contributed by atoms with Crippen LogP contribution in [0.5, 0.6) is 11.5 Å². The van der Waals surface area contributed by atoms with Gasteiger partial charge in [-0.25, -0.2) is 0 Å². The standard InChI is InChI=1S/C15H11ClO3/c1-18-12-7-3-5-10(14(12)17)13-8-9-4-2-6-11(16)15(9)19-13/h2-8,17H,1H3. The topological polar surface area (TPSA) is 42.6 Å². The van der Waals surface area contributed by atoms with Gasteiger partial charge in [0.25, 0.3) is 0 Å². The van der Waals surface area contributed by atoms with Crippen molar-refractivity contribution in [3.8, 4) is 22.8 Å². The van der Waals surface area contributed by atoms with Gasteiger partial charge in [-0.05, 0) is 24.3 Å². The fraction of sp³-hybridized carbons (Fsp3) is 0.0667. The molecule has 3 aromatic rings. The minimum absolute atomic E-state index is 0.0557. The van der Waals surface area contributed by atoms with Gasteiger partial charge in [0, 0.05) is 5.39 Å². The van der Waals surface area contributed by atoms with Gasteiger partial charge in [-0.15, -0.1) is 0 Å².